The molecule has 4 nitrogen and oxygen atoms in total. The zero-order chi connectivity index (χ0) is 11.3. The summed E-state index contributed by atoms with van der Waals surface area (Å²) in [4.78, 5) is 10.3. The van der Waals surface area contributed by atoms with Crippen molar-refractivity contribution >= 4 is 17.7 Å². The van der Waals surface area contributed by atoms with E-state index < -0.39 is 0 Å². The van der Waals surface area contributed by atoms with Gasteiger partial charge in [0.2, 0.25) is 5.95 Å². The molecule has 0 aliphatic heterocycles. The second-order valence-electron chi connectivity index (χ2n) is 3.27. The Morgan fingerprint density at radius 2 is 2.40 bits per heavy atom. The molecule has 0 aromatic carbocycles. The standard InChI is InChI=1S/C10H14N4S/c1-8(7-15-3)14(2)10-12-5-4-9(6-11)13-10/h4-5,8H,7H2,1-3H3. The van der Waals surface area contributed by atoms with E-state index in [2.05, 4.69) is 23.1 Å². The molecule has 0 amide bonds. The van der Waals surface area contributed by atoms with E-state index in [-0.39, 0.29) is 0 Å². The summed E-state index contributed by atoms with van der Waals surface area (Å²) in [6.07, 6.45) is 3.68. The normalized spacial score (nSPS) is 11.9. The lowest BCUT2D eigenvalue weighted by molar-refractivity contribution is 0.737. The van der Waals surface area contributed by atoms with Crippen molar-refractivity contribution < 1.29 is 0 Å². The Morgan fingerprint density at radius 1 is 1.67 bits per heavy atom. The maximum Gasteiger partial charge on any atom is 0.226 e. The van der Waals surface area contributed by atoms with Crippen LogP contribution >= 0.6 is 11.8 Å². The summed E-state index contributed by atoms with van der Waals surface area (Å²) in [5.74, 6) is 1.62. The van der Waals surface area contributed by atoms with E-state index in [4.69, 9.17) is 5.26 Å². The van der Waals surface area contributed by atoms with Gasteiger partial charge in [-0.2, -0.15) is 17.0 Å². The monoisotopic (exact) mass is 222 g/mol. The molecule has 1 heterocycles. The summed E-state index contributed by atoms with van der Waals surface area (Å²) in [5, 5.41) is 8.72. The highest BCUT2D eigenvalue weighted by molar-refractivity contribution is 7.98. The molecular weight excluding hydrogens is 208 g/mol. The predicted octanol–water partition coefficient (Wildman–Crippen LogP) is 1.54. The zero-order valence-electron chi connectivity index (χ0n) is 9.14. The first-order valence-electron chi connectivity index (χ1n) is 4.64. The quantitative estimate of drug-likeness (QED) is 0.773. The van der Waals surface area contributed by atoms with Crippen molar-refractivity contribution in [3.05, 3.63) is 18.0 Å². The fourth-order valence-corrected chi connectivity index (χ4v) is 1.84. The maximum absolute atomic E-state index is 8.72. The van der Waals surface area contributed by atoms with Gasteiger partial charge in [0.15, 0.2) is 0 Å². The average Bonchev–Trinajstić information content (AvgIpc) is 2.28. The largest absolute Gasteiger partial charge is 0.340 e. The Labute approximate surface area is 94.3 Å². The number of thioether (sulfide) groups is 1. The molecule has 0 aliphatic carbocycles. The molecule has 1 unspecified atom stereocenters. The fraction of sp³-hybridized carbons (Fsp3) is 0.500. The van der Waals surface area contributed by atoms with Crippen molar-refractivity contribution in [1.82, 2.24) is 9.97 Å². The highest BCUT2D eigenvalue weighted by Gasteiger charge is 2.11. The minimum atomic E-state index is 0.356. The molecule has 1 rings (SSSR count). The Hall–Kier alpha value is -1.28. The first-order chi connectivity index (χ1) is 7.19. The molecule has 0 N–H and O–H groups in total. The molecule has 0 bridgehead atoms. The van der Waals surface area contributed by atoms with Crippen LogP contribution in [0.3, 0.4) is 0 Å². The fourth-order valence-electron chi connectivity index (χ4n) is 1.13. The van der Waals surface area contributed by atoms with E-state index in [1.807, 2.05) is 18.0 Å². The van der Waals surface area contributed by atoms with Crippen LogP contribution in [0.15, 0.2) is 12.3 Å². The topological polar surface area (TPSA) is 52.8 Å². The number of anilines is 1. The van der Waals surface area contributed by atoms with Crippen LogP contribution < -0.4 is 4.90 Å². The van der Waals surface area contributed by atoms with Gasteiger partial charge in [0, 0.05) is 25.0 Å². The van der Waals surface area contributed by atoms with Crippen LogP contribution in [-0.2, 0) is 0 Å². The van der Waals surface area contributed by atoms with Crippen LogP contribution in [0.1, 0.15) is 12.6 Å². The van der Waals surface area contributed by atoms with Gasteiger partial charge in [-0.05, 0) is 19.2 Å². The van der Waals surface area contributed by atoms with Crippen LogP contribution in [0.5, 0.6) is 0 Å². The van der Waals surface area contributed by atoms with Gasteiger partial charge in [-0.15, -0.1) is 0 Å². The lowest BCUT2D eigenvalue weighted by atomic mass is 10.3. The maximum atomic E-state index is 8.72. The number of nitrogens with zero attached hydrogens (tertiary/aromatic N) is 4. The summed E-state index contributed by atoms with van der Waals surface area (Å²) >= 11 is 1.78. The number of rotatable bonds is 4. The van der Waals surface area contributed by atoms with Crippen molar-refractivity contribution in [2.45, 2.75) is 13.0 Å². The number of aromatic nitrogens is 2. The third kappa shape index (κ3) is 3.10. The summed E-state index contributed by atoms with van der Waals surface area (Å²) in [6, 6.07) is 3.97. The minimum absolute atomic E-state index is 0.356. The first kappa shape index (κ1) is 11.8. The van der Waals surface area contributed by atoms with E-state index in [9.17, 15) is 0 Å². The van der Waals surface area contributed by atoms with Crippen molar-refractivity contribution in [1.29, 1.82) is 5.26 Å². The van der Waals surface area contributed by atoms with Crippen molar-refractivity contribution in [2.75, 3.05) is 24.0 Å². The SMILES string of the molecule is CSCC(C)N(C)c1nccc(C#N)n1. The molecule has 0 saturated heterocycles. The minimum Gasteiger partial charge on any atom is -0.340 e. The lowest BCUT2D eigenvalue weighted by Crippen LogP contribution is -2.32. The Bertz CT molecular complexity index is 361. The predicted molar refractivity (Wildman–Crippen MR) is 63.0 cm³/mol. The third-order valence-electron chi connectivity index (χ3n) is 2.14. The smallest absolute Gasteiger partial charge is 0.226 e. The van der Waals surface area contributed by atoms with Gasteiger partial charge < -0.3 is 4.90 Å². The molecule has 15 heavy (non-hydrogen) atoms. The summed E-state index contributed by atoms with van der Waals surface area (Å²) in [6.45, 7) is 2.11. The van der Waals surface area contributed by atoms with Crippen molar-refractivity contribution in [3.8, 4) is 6.07 Å². The molecule has 1 atom stereocenters. The third-order valence-corrected chi connectivity index (χ3v) is 2.96. The van der Waals surface area contributed by atoms with Crippen LogP contribution in [0.2, 0.25) is 0 Å². The van der Waals surface area contributed by atoms with Gasteiger partial charge >= 0.3 is 0 Å². The van der Waals surface area contributed by atoms with E-state index in [0.717, 1.165) is 5.75 Å². The van der Waals surface area contributed by atoms with Crippen molar-refractivity contribution in [2.24, 2.45) is 0 Å². The molecule has 0 aliphatic rings. The van der Waals surface area contributed by atoms with E-state index >= 15 is 0 Å². The van der Waals surface area contributed by atoms with Crippen molar-refractivity contribution in [3.63, 3.8) is 0 Å². The van der Waals surface area contributed by atoms with Gasteiger partial charge in [-0.3, -0.25) is 0 Å². The van der Waals surface area contributed by atoms with Gasteiger partial charge in [-0.25, -0.2) is 9.97 Å². The molecule has 0 radical (unpaired) electrons. The van der Waals surface area contributed by atoms with Gasteiger partial charge in [0.25, 0.3) is 0 Å². The van der Waals surface area contributed by atoms with Crippen LogP contribution in [-0.4, -0.2) is 35.1 Å². The van der Waals surface area contributed by atoms with E-state index in [1.54, 1.807) is 24.0 Å². The first-order valence-corrected chi connectivity index (χ1v) is 6.03. The number of hydrogen-bond donors (Lipinski definition) is 0. The molecule has 80 valence electrons. The van der Waals surface area contributed by atoms with E-state index in [1.165, 1.54) is 0 Å². The number of nitriles is 1. The molecule has 5 heteroatoms. The number of hydrogen-bond acceptors (Lipinski definition) is 5. The highest BCUT2D eigenvalue weighted by Crippen LogP contribution is 2.11. The van der Waals surface area contributed by atoms with Crippen LogP contribution in [0.25, 0.3) is 0 Å². The van der Waals surface area contributed by atoms with E-state index in [0.29, 0.717) is 17.7 Å². The summed E-state index contributed by atoms with van der Waals surface area (Å²) in [5.41, 5.74) is 0.406. The van der Waals surface area contributed by atoms with Crippen LogP contribution in [0, 0.1) is 11.3 Å². The van der Waals surface area contributed by atoms with Gasteiger partial charge in [-0.1, -0.05) is 0 Å². The molecule has 0 saturated carbocycles. The second kappa shape index (κ2) is 5.56. The Morgan fingerprint density at radius 3 is 3.00 bits per heavy atom. The molecular formula is C10H14N4S. The molecule has 1 aromatic rings. The highest BCUT2D eigenvalue weighted by atomic mass is 32.2. The Kier molecular flexibility index (Phi) is 4.37. The summed E-state index contributed by atoms with van der Waals surface area (Å²) in [7, 11) is 1.94. The lowest BCUT2D eigenvalue weighted by Gasteiger charge is -2.23. The second-order valence-corrected chi connectivity index (χ2v) is 4.18. The molecule has 0 fully saturated rings. The molecule has 0 spiro atoms. The summed E-state index contributed by atoms with van der Waals surface area (Å²) < 4.78 is 0. The van der Waals surface area contributed by atoms with Crippen LogP contribution in [0.4, 0.5) is 5.95 Å². The molecule has 1 aromatic heterocycles. The Balaban J connectivity index is 2.82. The van der Waals surface area contributed by atoms with Gasteiger partial charge in [0.05, 0.1) is 0 Å². The zero-order valence-corrected chi connectivity index (χ0v) is 9.95. The van der Waals surface area contributed by atoms with Gasteiger partial charge in [0.1, 0.15) is 11.8 Å². The average molecular weight is 222 g/mol.